The van der Waals surface area contributed by atoms with E-state index in [4.69, 9.17) is 5.84 Å². The maximum absolute atomic E-state index is 5.69. The van der Waals surface area contributed by atoms with Crippen LogP contribution in [0.5, 0.6) is 0 Å². The van der Waals surface area contributed by atoms with Crippen LogP contribution in [-0.4, -0.2) is 9.78 Å². The summed E-state index contributed by atoms with van der Waals surface area (Å²) in [6.45, 7) is 2.34. The third-order valence-electron chi connectivity index (χ3n) is 3.80. The summed E-state index contributed by atoms with van der Waals surface area (Å²) in [5.74, 6) is 7.23. The highest BCUT2D eigenvalue weighted by molar-refractivity contribution is 5.11. The summed E-state index contributed by atoms with van der Waals surface area (Å²) in [5, 5.41) is 4.22. The van der Waals surface area contributed by atoms with Crippen molar-refractivity contribution in [2.45, 2.75) is 38.6 Å². The Morgan fingerprint density at radius 1 is 1.44 bits per heavy atom. The Morgan fingerprint density at radius 2 is 2.12 bits per heavy atom. The summed E-state index contributed by atoms with van der Waals surface area (Å²) in [6, 6.07) is 0.265. The van der Waals surface area contributed by atoms with E-state index in [1.54, 1.807) is 0 Å². The van der Waals surface area contributed by atoms with Crippen LogP contribution in [-0.2, 0) is 7.05 Å². The molecule has 2 rings (SSSR count). The van der Waals surface area contributed by atoms with Crippen LogP contribution in [0.1, 0.15) is 44.2 Å². The Hall–Kier alpha value is -0.870. The third-order valence-corrected chi connectivity index (χ3v) is 3.80. The van der Waals surface area contributed by atoms with Gasteiger partial charge in [-0.1, -0.05) is 19.8 Å². The van der Waals surface area contributed by atoms with E-state index in [0.29, 0.717) is 5.92 Å². The van der Waals surface area contributed by atoms with Gasteiger partial charge in [-0.25, -0.2) is 0 Å². The average molecular weight is 222 g/mol. The second-order valence-corrected chi connectivity index (χ2v) is 5.11. The summed E-state index contributed by atoms with van der Waals surface area (Å²) in [7, 11) is 1.94. The van der Waals surface area contributed by atoms with Crippen LogP contribution in [0.3, 0.4) is 0 Å². The maximum Gasteiger partial charge on any atom is 0.0538 e. The highest BCUT2D eigenvalue weighted by Gasteiger charge is 2.27. The first-order valence-electron chi connectivity index (χ1n) is 6.15. The predicted octanol–water partition coefficient (Wildman–Crippen LogP) is 1.75. The SMILES string of the molecule is CC1CCC(C(NN)c2cnn(C)c2)CC1. The zero-order valence-electron chi connectivity index (χ0n) is 10.2. The molecular weight excluding hydrogens is 200 g/mol. The van der Waals surface area contributed by atoms with E-state index in [-0.39, 0.29) is 6.04 Å². The van der Waals surface area contributed by atoms with Crippen LogP contribution in [0.15, 0.2) is 12.4 Å². The number of nitrogens with two attached hydrogens (primary N) is 1. The van der Waals surface area contributed by atoms with Gasteiger partial charge in [0.2, 0.25) is 0 Å². The number of aryl methyl sites for hydroxylation is 1. The summed E-state index contributed by atoms with van der Waals surface area (Å²) < 4.78 is 1.84. The first kappa shape index (κ1) is 11.6. The van der Waals surface area contributed by atoms with Gasteiger partial charge in [-0.15, -0.1) is 0 Å². The van der Waals surface area contributed by atoms with Gasteiger partial charge in [0.1, 0.15) is 0 Å². The third kappa shape index (κ3) is 2.44. The highest BCUT2D eigenvalue weighted by atomic mass is 15.3. The number of rotatable bonds is 3. The Bertz CT molecular complexity index is 326. The Balaban J connectivity index is 2.05. The molecule has 1 aliphatic rings. The average Bonchev–Trinajstić information content (AvgIpc) is 2.69. The van der Waals surface area contributed by atoms with Gasteiger partial charge in [-0.3, -0.25) is 16.0 Å². The normalized spacial score (nSPS) is 27.9. The van der Waals surface area contributed by atoms with Crippen molar-refractivity contribution in [2.24, 2.45) is 24.7 Å². The van der Waals surface area contributed by atoms with Crippen LogP contribution in [0, 0.1) is 11.8 Å². The van der Waals surface area contributed by atoms with Crippen LogP contribution in [0.4, 0.5) is 0 Å². The van der Waals surface area contributed by atoms with Crippen molar-refractivity contribution >= 4 is 0 Å². The van der Waals surface area contributed by atoms with Gasteiger partial charge in [0, 0.05) is 18.8 Å². The number of aromatic nitrogens is 2. The molecule has 1 fully saturated rings. The van der Waals surface area contributed by atoms with Crippen LogP contribution in [0.25, 0.3) is 0 Å². The molecule has 0 amide bonds. The second kappa shape index (κ2) is 4.97. The van der Waals surface area contributed by atoms with Gasteiger partial charge in [-0.05, 0) is 24.7 Å². The van der Waals surface area contributed by atoms with E-state index >= 15 is 0 Å². The van der Waals surface area contributed by atoms with Crippen molar-refractivity contribution in [2.75, 3.05) is 0 Å². The lowest BCUT2D eigenvalue weighted by atomic mass is 9.78. The van der Waals surface area contributed by atoms with Crippen LogP contribution < -0.4 is 11.3 Å². The molecule has 0 aromatic carbocycles. The van der Waals surface area contributed by atoms with Gasteiger partial charge < -0.3 is 0 Å². The Labute approximate surface area is 97.2 Å². The molecule has 90 valence electrons. The van der Waals surface area contributed by atoms with E-state index < -0.39 is 0 Å². The number of hydrazine groups is 1. The summed E-state index contributed by atoms with van der Waals surface area (Å²) in [4.78, 5) is 0. The molecule has 16 heavy (non-hydrogen) atoms. The highest BCUT2D eigenvalue weighted by Crippen LogP contribution is 2.36. The van der Waals surface area contributed by atoms with Gasteiger partial charge in [0.15, 0.2) is 0 Å². The Morgan fingerprint density at radius 3 is 2.62 bits per heavy atom. The molecule has 0 spiro atoms. The zero-order valence-corrected chi connectivity index (χ0v) is 10.2. The largest absolute Gasteiger partial charge is 0.275 e. The molecule has 1 unspecified atom stereocenters. The lowest BCUT2D eigenvalue weighted by Gasteiger charge is -2.31. The van der Waals surface area contributed by atoms with Crippen LogP contribution >= 0.6 is 0 Å². The monoisotopic (exact) mass is 222 g/mol. The van der Waals surface area contributed by atoms with E-state index in [1.807, 2.05) is 17.9 Å². The Kier molecular flexibility index (Phi) is 3.61. The smallest absolute Gasteiger partial charge is 0.0538 e. The van der Waals surface area contributed by atoms with Crippen molar-refractivity contribution in [3.63, 3.8) is 0 Å². The molecule has 4 nitrogen and oxygen atoms in total. The molecule has 0 bridgehead atoms. The molecule has 1 aromatic heterocycles. The standard InChI is InChI=1S/C12H22N4/c1-9-3-5-10(6-4-9)12(15-13)11-7-14-16(2)8-11/h7-10,12,15H,3-6,13H2,1-2H3. The van der Waals surface area contributed by atoms with Gasteiger partial charge in [0.25, 0.3) is 0 Å². The molecule has 0 saturated heterocycles. The number of hydrogen-bond donors (Lipinski definition) is 2. The molecule has 1 saturated carbocycles. The molecular formula is C12H22N4. The quantitative estimate of drug-likeness (QED) is 0.605. The minimum Gasteiger partial charge on any atom is -0.275 e. The van der Waals surface area contributed by atoms with E-state index in [9.17, 15) is 0 Å². The fourth-order valence-electron chi connectivity index (χ4n) is 2.72. The van der Waals surface area contributed by atoms with Gasteiger partial charge in [-0.2, -0.15) is 5.10 Å². The second-order valence-electron chi connectivity index (χ2n) is 5.11. The minimum atomic E-state index is 0.265. The molecule has 0 aliphatic heterocycles. The maximum atomic E-state index is 5.69. The minimum absolute atomic E-state index is 0.265. The first-order chi connectivity index (χ1) is 7.70. The van der Waals surface area contributed by atoms with Gasteiger partial charge in [0.05, 0.1) is 12.2 Å². The zero-order chi connectivity index (χ0) is 11.5. The molecule has 4 heteroatoms. The molecule has 3 N–H and O–H groups in total. The molecule has 1 aliphatic carbocycles. The van der Waals surface area contributed by atoms with Crippen molar-refractivity contribution < 1.29 is 0 Å². The summed E-state index contributed by atoms with van der Waals surface area (Å²) >= 11 is 0. The number of nitrogens with one attached hydrogen (secondary N) is 1. The van der Waals surface area contributed by atoms with Crippen molar-refractivity contribution in [3.8, 4) is 0 Å². The van der Waals surface area contributed by atoms with Crippen molar-refractivity contribution in [1.29, 1.82) is 0 Å². The fourth-order valence-corrected chi connectivity index (χ4v) is 2.72. The fraction of sp³-hybridized carbons (Fsp3) is 0.750. The number of hydrogen-bond acceptors (Lipinski definition) is 3. The predicted molar refractivity (Wildman–Crippen MR) is 64.4 cm³/mol. The topological polar surface area (TPSA) is 55.9 Å². The van der Waals surface area contributed by atoms with E-state index in [0.717, 1.165) is 5.92 Å². The number of nitrogens with zero attached hydrogens (tertiary/aromatic N) is 2. The molecule has 1 atom stereocenters. The lowest BCUT2D eigenvalue weighted by Crippen LogP contribution is -2.35. The summed E-state index contributed by atoms with van der Waals surface area (Å²) in [6.07, 6.45) is 9.16. The first-order valence-corrected chi connectivity index (χ1v) is 6.15. The van der Waals surface area contributed by atoms with Crippen LogP contribution in [0.2, 0.25) is 0 Å². The molecule has 1 aromatic rings. The van der Waals surface area contributed by atoms with E-state index in [1.165, 1.54) is 31.2 Å². The summed E-state index contributed by atoms with van der Waals surface area (Å²) in [5.41, 5.74) is 4.18. The lowest BCUT2D eigenvalue weighted by molar-refractivity contribution is 0.232. The van der Waals surface area contributed by atoms with E-state index in [2.05, 4.69) is 23.6 Å². The van der Waals surface area contributed by atoms with Crippen molar-refractivity contribution in [3.05, 3.63) is 18.0 Å². The van der Waals surface area contributed by atoms with Gasteiger partial charge >= 0.3 is 0 Å². The molecule has 0 radical (unpaired) electrons. The molecule has 1 heterocycles. The van der Waals surface area contributed by atoms with Crippen molar-refractivity contribution in [1.82, 2.24) is 15.2 Å².